The monoisotopic (exact) mass is 338 g/mol. The molecule has 25 heavy (non-hydrogen) atoms. The van der Waals surface area contributed by atoms with E-state index in [4.69, 9.17) is 9.15 Å². The fraction of sp³-hybridized carbons (Fsp3) is 0.222. The van der Waals surface area contributed by atoms with Crippen molar-refractivity contribution in [3.63, 3.8) is 0 Å². The maximum atomic E-state index is 11.9. The molecular formula is C18H18N4O3. The van der Waals surface area contributed by atoms with E-state index in [9.17, 15) is 4.79 Å². The van der Waals surface area contributed by atoms with Crippen molar-refractivity contribution in [3.8, 4) is 17.2 Å². The van der Waals surface area contributed by atoms with Gasteiger partial charge in [0.2, 0.25) is 17.7 Å². The Morgan fingerprint density at radius 2 is 2.00 bits per heavy atom. The Morgan fingerprint density at radius 1 is 1.16 bits per heavy atom. The number of carbonyl (C=O) groups is 1. The quantitative estimate of drug-likeness (QED) is 0.711. The van der Waals surface area contributed by atoms with E-state index in [2.05, 4.69) is 20.5 Å². The molecular weight excluding hydrogens is 320 g/mol. The van der Waals surface area contributed by atoms with Crippen LogP contribution in [0.25, 0.3) is 11.5 Å². The standard InChI is InChI=1S/C18H18N4O3/c1-24-15-7-5-13(6-8-15)18-22-21-17(25-18)10-9-16(23)20-12-14-4-2-3-11-19-14/h2-8,11H,9-10,12H2,1H3,(H,20,23). The van der Waals surface area contributed by atoms with E-state index >= 15 is 0 Å². The summed E-state index contributed by atoms with van der Waals surface area (Å²) in [5, 5.41) is 10.8. The third kappa shape index (κ3) is 4.63. The molecule has 3 rings (SSSR count). The number of hydrogen-bond donors (Lipinski definition) is 1. The Kier molecular flexibility index (Phi) is 5.36. The van der Waals surface area contributed by atoms with Crippen molar-refractivity contribution in [2.24, 2.45) is 0 Å². The number of nitrogens with one attached hydrogen (secondary N) is 1. The number of aromatic nitrogens is 3. The predicted molar refractivity (Wildman–Crippen MR) is 90.7 cm³/mol. The lowest BCUT2D eigenvalue weighted by Gasteiger charge is -2.03. The van der Waals surface area contributed by atoms with Gasteiger partial charge in [-0.3, -0.25) is 9.78 Å². The van der Waals surface area contributed by atoms with Crippen LogP contribution in [0.3, 0.4) is 0 Å². The third-order valence-corrected chi connectivity index (χ3v) is 3.56. The lowest BCUT2D eigenvalue weighted by molar-refractivity contribution is -0.121. The number of hydrogen-bond acceptors (Lipinski definition) is 6. The van der Waals surface area contributed by atoms with Crippen LogP contribution < -0.4 is 10.1 Å². The molecule has 0 spiro atoms. The first-order chi connectivity index (χ1) is 12.2. The highest BCUT2D eigenvalue weighted by atomic mass is 16.5. The van der Waals surface area contributed by atoms with Crippen molar-refractivity contribution >= 4 is 5.91 Å². The molecule has 0 fully saturated rings. The molecule has 0 atom stereocenters. The van der Waals surface area contributed by atoms with Crippen molar-refractivity contribution < 1.29 is 13.9 Å². The average molecular weight is 338 g/mol. The zero-order valence-corrected chi connectivity index (χ0v) is 13.8. The minimum atomic E-state index is -0.0881. The summed E-state index contributed by atoms with van der Waals surface area (Å²) in [4.78, 5) is 16.0. The summed E-state index contributed by atoms with van der Waals surface area (Å²) in [6.45, 7) is 0.403. The fourth-order valence-electron chi connectivity index (χ4n) is 2.21. The highest BCUT2D eigenvalue weighted by molar-refractivity contribution is 5.75. The van der Waals surface area contributed by atoms with Gasteiger partial charge < -0.3 is 14.5 Å². The van der Waals surface area contributed by atoms with Crippen molar-refractivity contribution in [1.29, 1.82) is 0 Å². The largest absolute Gasteiger partial charge is 0.497 e. The summed E-state index contributed by atoms with van der Waals surface area (Å²) in [7, 11) is 1.61. The maximum absolute atomic E-state index is 11.9. The van der Waals surface area contributed by atoms with Gasteiger partial charge in [0.05, 0.1) is 19.3 Å². The van der Waals surface area contributed by atoms with Crippen molar-refractivity contribution in [2.45, 2.75) is 19.4 Å². The highest BCUT2D eigenvalue weighted by Gasteiger charge is 2.11. The van der Waals surface area contributed by atoms with Gasteiger partial charge in [0, 0.05) is 24.6 Å². The Morgan fingerprint density at radius 3 is 2.72 bits per heavy atom. The summed E-state index contributed by atoms with van der Waals surface area (Å²) in [5.74, 6) is 1.52. The molecule has 3 aromatic rings. The zero-order valence-electron chi connectivity index (χ0n) is 13.8. The first-order valence-corrected chi connectivity index (χ1v) is 7.88. The van der Waals surface area contributed by atoms with Crippen LogP contribution in [0, 0.1) is 0 Å². The van der Waals surface area contributed by atoms with Crippen molar-refractivity contribution in [1.82, 2.24) is 20.5 Å². The molecule has 0 saturated carbocycles. The molecule has 0 saturated heterocycles. The number of nitrogens with zero attached hydrogens (tertiary/aromatic N) is 3. The predicted octanol–water partition coefficient (Wildman–Crippen LogP) is 2.39. The van der Waals surface area contributed by atoms with Crippen LogP contribution >= 0.6 is 0 Å². The molecule has 1 amide bonds. The average Bonchev–Trinajstić information content (AvgIpc) is 3.14. The van der Waals surface area contributed by atoms with Gasteiger partial charge in [0.25, 0.3) is 0 Å². The van der Waals surface area contributed by atoms with E-state index in [-0.39, 0.29) is 12.3 Å². The molecule has 1 aromatic carbocycles. The molecule has 1 N–H and O–H groups in total. The van der Waals surface area contributed by atoms with Crippen LogP contribution in [0.2, 0.25) is 0 Å². The number of methoxy groups -OCH3 is 1. The Bertz CT molecular complexity index is 816. The summed E-state index contributed by atoms with van der Waals surface area (Å²) in [5.41, 5.74) is 1.62. The number of rotatable bonds is 7. The summed E-state index contributed by atoms with van der Waals surface area (Å²) in [6, 6.07) is 12.9. The van der Waals surface area contributed by atoms with E-state index in [0.29, 0.717) is 24.7 Å². The van der Waals surface area contributed by atoms with E-state index in [1.165, 1.54) is 0 Å². The van der Waals surface area contributed by atoms with Gasteiger partial charge in [-0.1, -0.05) is 6.07 Å². The first-order valence-electron chi connectivity index (χ1n) is 7.88. The summed E-state index contributed by atoms with van der Waals surface area (Å²) in [6.07, 6.45) is 2.36. The second-order valence-corrected chi connectivity index (χ2v) is 5.33. The topological polar surface area (TPSA) is 90.1 Å². The highest BCUT2D eigenvalue weighted by Crippen LogP contribution is 2.21. The van der Waals surface area contributed by atoms with Gasteiger partial charge in [-0.2, -0.15) is 0 Å². The fourth-order valence-corrected chi connectivity index (χ4v) is 2.21. The molecule has 0 unspecified atom stereocenters. The van der Waals surface area contributed by atoms with Gasteiger partial charge >= 0.3 is 0 Å². The molecule has 128 valence electrons. The van der Waals surface area contributed by atoms with E-state index in [1.54, 1.807) is 13.3 Å². The van der Waals surface area contributed by atoms with E-state index in [0.717, 1.165) is 17.0 Å². The van der Waals surface area contributed by atoms with Gasteiger partial charge in [-0.25, -0.2) is 0 Å². The lowest BCUT2D eigenvalue weighted by Crippen LogP contribution is -2.23. The van der Waals surface area contributed by atoms with Crippen molar-refractivity contribution in [3.05, 3.63) is 60.2 Å². The van der Waals surface area contributed by atoms with Crippen molar-refractivity contribution in [2.75, 3.05) is 7.11 Å². The molecule has 7 heteroatoms. The van der Waals surface area contributed by atoms with Gasteiger partial charge in [0.1, 0.15) is 5.75 Å². The molecule has 0 aliphatic rings. The van der Waals surface area contributed by atoms with Crippen LogP contribution in [-0.4, -0.2) is 28.2 Å². The van der Waals surface area contributed by atoms with E-state index < -0.39 is 0 Å². The maximum Gasteiger partial charge on any atom is 0.247 e. The molecule has 2 heterocycles. The molecule has 0 aliphatic carbocycles. The molecule has 0 aliphatic heterocycles. The number of carbonyl (C=O) groups excluding carboxylic acids is 1. The minimum Gasteiger partial charge on any atom is -0.497 e. The van der Waals surface area contributed by atoms with Crippen LogP contribution in [0.15, 0.2) is 53.1 Å². The second kappa shape index (κ2) is 8.05. The molecule has 7 nitrogen and oxygen atoms in total. The zero-order chi connectivity index (χ0) is 17.5. The second-order valence-electron chi connectivity index (χ2n) is 5.33. The lowest BCUT2D eigenvalue weighted by atomic mass is 10.2. The SMILES string of the molecule is COc1ccc(-c2nnc(CCC(=O)NCc3ccccn3)o2)cc1. The number of ether oxygens (including phenoxy) is 1. The van der Waals surface area contributed by atoms with Crippen LogP contribution in [0.5, 0.6) is 5.75 Å². The Labute approximate surface area is 145 Å². The molecule has 2 aromatic heterocycles. The number of benzene rings is 1. The number of amides is 1. The van der Waals surface area contributed by atoms with Crippen LogP contribution in [0.4, 0.5) is 0 Å². The first kappa shape index (κ1) is 16.6. The number of aryl methyl sites for hydroxylation is 1. The Hall–Kier alpha value is -3.22. The van der Waals surface area contributed by atoms with Crippen LogP contribution in [-0.2, 0) is 17.8 Å². The molecule has 0 bridgehead atoms. The van der Waals surface area contributed by atoms with Crippen LogP contribution in [0.1, 0.15) is 18.0 Å². The van der Waals surface area contributed by atoms with E-state index in [1.807, 2.05) is 42.5 Å². The summed E-state index contributed by atoms with van der Waals surface area (Å²) < 4.78 is 10.7. The smallest absolute Gasteiger partial charge is 0.247 e. The third-order valence-electron chi connectivity index (χ3n) is 3.56. The number of pyridine rings is 1. The van der Waals surface area contributed by atoms with Gasteiger partial charge in [0.15, 0.2) is 0 Å². The molecule has 0 radical (unpaired) electrons. The van der Waals surface area contributed by atoms with Gasteiger partial charge in [-0.15, -0.1) is 10.2 Å². The summed E-state index contributed by atoms with van der Waals surface area (Å²) >= 11 is 0. The Balaban J connectivity index is 1.50. The van der Waals surface area contributed by atoms with Gasteiger partial charge in [-0.05, 0) is 36.4 Å². The normalized spacial score (nSPS) is 10.4. The minimum absolute atomic E-state index is 0.0881.